The van der Waals surface area contributed by atoms with Crippen molar-refractivity contribution in [2.75, 3.05) is 6.54 Å². The second kappa shape index (κ2) is 5.80. The first-order chi connectivity index (χ1) is 7.06. The molecule has 1 unspecified atom stereocenters. The van der Waals surface area contributed by atoms with Gasteiger partial charge in [0.25, 0.3) is 0 Å². The molecule has 1 aromatic rings. The Labute approximate surface area is 105 Å². The van der Waals surface area contributed by atoms with Gasteiger partial charge in [-0.1, -0.05) is 26.8 Å². The van der Waals surface area contributed by atoms with Crippen molar-refractivity contribution in [1.82, 2.24) is 5.32 Å². The Morgan fingerprint density at radius 1 is 1.40 bits per heavy atom. The summed E-state index contributed by atoms with van der Waals surface area (Å²) in [4.78, 5) is 0. The van der Waals surface area contributed by atoms with Crippen LogP contribution in [-0.2, 0) is 0 Å². The molecule has 0 bridgehead atoms. The molecule has 0 amide bonds. The van der Waals surface area contributed by atoms with Crippen LogP contribution in [0.2, 0.25) is 0 Å². The number of halogens is 2. The molecule has 84 valence electrons. The van der Waals surface area contributed by atoms with Crippen molar-refractivity contribution in [1.29, 1.82) is 0 Å². The van der Waals surface area contributed by atoms with Gasteiger partial charge in [-0.05, 0) is 52.7 Å². The van der Waals surface area contributed by atoms with E-state index < -0.39 is 0 Å². The fourth-order valence-electron chi connectivity index (χ4n) is 1.68. The van der Waals surface area contributed by atoms with Crippen molar-refractivity contribution in [3.63, 3.8) is 0 Å². The van der Waals surface area contributed by atoms with Crippen molar-refractivity contribution in [2.45, 2.75) is 26.8 Å². The molecule has 1 rings (SSSR count). The van der Waals surface area contributed by atoms with Crippen LogP contribution in [0.1, 0.15) is 32.4 Å². The van der Waals surface area contributed by atoms with Crippen molar-refractivity contribution >= 4 is 22.6 Å². The first-order valence-corrected chi connectivity index (χ1v) is 6.32. The number of hydrogen-bond donors (Lipinski definition) is 1. The van der Waals surface area contributed by atoms with Crippen LogP contribution >= 0.6 is 22.6 Å². The summed E-state index contributed by atoms with van der Waals surface area (Å²) in [6.07, 6.45) is 0. The fourth-order valence-corrected chi connectivity index (χ4v) is 2.49. The third-order valence-electron chi connectivity index (χ3n) is 2.39. The highest BCUT2D eigenvalue weighted by atomic mass is 127. The standard InChI is InChI=1S/C12H17FIN/c1-4-15-12(8(2)3)10-6-5-9(13)7-11(10)14/h5-8,12,15H,4H2,1-3H3. The summed E-state index contributed by atoms with van der Waals surface area (Å²) in [5, 5.41) is 3.43. The molecule has 0 fully saturated rings. The maximum Gasteiger partial charge on any atom is 0.124 e. The van der Waals surface area contributed by atoms with Crippen LogP contribution in [0.15, 0.2) is 18.2 Å². The molecule has 0 aliphatic heterocycles. The third-order valence-corrected chi connectivity index (χ3v) is 3.32. The molecule has 3 heteroatoms. The van der Waals surface area contributed by atoms with Crippen LogP contribution in [0.25, 0.3) is 0 Å². The molecule has 0 aromatic heterocycles. The molecule has 1 nitrogen and oxygen atoms in total. The van der Waals surface area contributed by atoms with Gasteiger partial charge in [-0.2, -0.15) is 0 Å². The van der Waals surface area contributed by atoms with E-state index in [1.807, 2.05) is 6.07 Å². The normalized spacial score (nSPS) is 13.2. The summed E-state index contributed by atoms with van der Waals surface area (Å²) in [5.41, 5.74) is 1.19. The van der Waals surface area contributed by atoms with Crippen LogP contribution in [0, 0.1) is 15.3 Å². The molecule has 15 heavy (non-hydrogen) atoms. The molecule has 1 aromatic carbocycles. The average molecular weight is 321 g/mol. The largest absolute Gasteiger partial charge is 0.310 e. The lowest BCUT2D eigenvalue weighted by Crippen LogP contribution is -2.26. The van der Waals surface area contributed by atoms with Crippen LogP contribution in [0.3, 0.4) is 0 Å². The minimum Gasteiger partial charge on any atom is -0.310 e. The van der Waals surface area contributed by atoms with E-state index in [0.717, 1.165) is 10.1 Å². The molecule has 0 aliphatic carbocycles. The van der Waals surface area contributed by atoms with Gasteiger partial charge in [0.1, 0.15) is 5.82 Å². The molecule has 0 spiro atoms. The molecule has 1 N–H and O–H groups in total. The van der Waals surface area contributed by atoms with Crippen molar-refractivity contribution < 1.29 is 4.39 Å². The summed E-state index contributed by atoms with van der Waals surface area (Å²) in [6, 6.07) is 5.31. The highest BCUT2D eigenvalue weighted by Crippen LogP contribution is 2.26. The summed E-state index contributed by atoms with van der Waals surface area (Å²) in [6.45, 7) is 7.36. The summed E-state index contributed by atoms with van der Waals surface area (Å²) >= 11 is 2.19. The zero-order valence-corrected chi connectivity index (χ0v) is 11.5. The van der Waals surface area contributed by atoms with E-state index >= 15 is 0 Å². The number of hydrogen-bond acceptors (Lipinski definition) is 1. The first-order valence-electron chi connectivity index (χ1n) is 5.24. The molecule has 0 radical (unpaired) electrons. The lowest BCUT2D eigenvalue weighted by molar-refractivity contribution is 0.419. The van der Waals surface area contributed by atoms with Gasteiger partial charge in [0.05, 0.1) is 0 Å². The molecule has 0 saturated carbocycles. The van der Waals surface area contributed by atoms with Gasteiger partial charge in [0, 0.05) is 9.61 Å². The van der Waals surface area contributed by atoms with E-state index in [0.29, 0.717) is 12.0 Å². The predicted octanol–water partition coefficient (Wildman–Crippen LogP) is 3.74. The van der Waals surface area contributed by atoms with E-state index in [-0.39, 0.29) is 5.82 Å². The first kappa shape index (κ1) is 12.9. The quantitative estimate of drug-likeness (QED) is 0.833. The van der Waals surface area contributed by atoms with E-state index in [2.05, 4.69) is 48.7 Å². The van der Waals surface area contributed by atoms with Gasteiger partial charge >= 0.3 is 0 Å². The van der Waals surface area contributed by atoms with Gasteiger partial charge in [0.2, 0.25) is 0 Å². The fraction of sp³-hybridized carbons (Fsp3) is 0.500. The highest BCUT2D eigenvalue weighted by molar-refractivity contribution is 14.1. The summed E-state index contributed by atoms with van der Waals surface area (Å²) in [5.74, 6) is 0.339. The van der Waals surface area contributed by atoms with Crippen LogP contribution in [-0.4, -0.2) is 6.54 Å². The Kier molecular flexibility index (Phi) is 4.99. The lowest BCUT2D eigenvalue weighted by atomic mass is 9.96. The monoisotopic (exact) mass is 321 g/mol. The maximum atomic E-state index is 13.0. The zero-order chi connectivity index (χ0) is 11.4. The minimum atomic E-state index is -0.165. The number of nitrogens with one attached hydrogen (secondary N) is 1. The molecular formula is C12H17FIN. The summed E-state index contributed by atoms with van der Waals surface area (Å²) in [7, 11) is 0. The topological polar surface area (TPSA) is 12.0 Å². The van der Waals surface area contributed by atoms with Gasteiger partial charge in [-0.25, -0.2) is 4.39 Å². The molecule has 0 aliphatic rings. The zero-order valence-electron chi connectivity index (χ0n) is 9.35. The Hall–Kier alpha value is -0.160. The SMILES string of the molecule is CCNC(c1ccc(F)cc1I)C(C)C. The maximum absolute atomic E-state index is 13.0. The van der Waals surface area contributed by atoms with E-state index in [9.17, 15) is 4.39 Å². The van der Waals surface area contributed by atoms with Crippen LogP contribution < -0.4 is 5.32 Å². The summed E-state index contributed by atoms with van der Waals surface area (Å²) < 4.78 is 14.0. The minimum absolute atomic E-state index is 0.165. The predicted molar refractivity (Wildman–Crippen MR) is 70.4 cm³/mol. The van der Waals surface area contributed by atoms with E-state index in [1.165, 1.54) is 11.6 Å². The molecule has 1 atom stereocenters. The molecule has 0 saturated heterocycles. The van der Waals surface area contributed by atoms with Gasteiger partial charge in [-0.3, -0.25) is 0 Å². The van der Waals surface area contributed by atoms with Crippen molar-refractivity contribution in [2.24, 2.45) is 5.92 Å². The molecule has 0 heterocycles. The molecular weight excluding hydrogens is 304 g/mol. The van der Waals surface area contributed by atoms with E-state index in [1.54, 1.807) is 6.07 Å². The van der Waals surface area contributed by atoms with Crippen LogP contribution in [0.4, 0.5) is 4.39 Å². The van der Waals surface area contributed by atoms with Gasteiger partial charge in [0.15, 0.2) is 0 Å². The third kappa shape index (κ3) is 3.41. The van der Waals surface area contributed by atoms with Crippen molar-refractivity contribution in [3.8, 4) is 0 Å². The van der Waals surface area contributed by atoms with E-state index in [4.69, 9.17) is 0 Å². The second-order valence-electron chi connectivity index (χ2n) is 3.95. The van der Waals surface area contributed by atoms with Gasteiger partial charge < -0.3 is 5.32 Å². The van der Waals surface area contributed by atoms with Crippen molar-refractivity contribution in [3.05, 3.63) is 33.1 Å². The Morgan fingerprint density at radius 2 is 2.07 bits per heavy atom. The Balaban J connectivity index is 3.00. The van der Waals surface area contributed by atoms with Gasteiger partial charge in [-0.15, -0.1) is 0 Å². The number of rotatable bonds is 4. The number of benzene rings is 1. The Morgan fingerprint density at radius 3 is 2.53 bits per heavy atom. The second-order valence-corrected chi connectivity index (χ2v) is 5.11. The lowest BCUT2D eigenvalue weighted by Gasteiger charge is -2.23. The highest BCUT2D eigenvalue weighted by Gasteiger charge is 2.17. The smallest absolute Gasteiger partial charge is 0.124 e. The van der Waals surface area contributed by atoms with Crippen LogP contribution in [0.5, 0.6) is 0 Å². The average Bonchev–Trinajstić information content (AvgIpc) is 2.15. The Bertz CT molecular complexity index is 325.